The van der Waals surface area contributed by atoms with Crippen LogP contribution in [0.3, 0.4) is 0 Å². The molecule has 0 amide bonds. The van der Waals surface area contributed by atoms with Gasteiger partial charge in [-0.25, -0.2) is 0 Å². The summed E-state index contributed by atoms with van der Waals surface area (Å²) in [4.78, 5) is 0. The van der Waals surface area contributed by atoms with Gasteiger partial charge in [-0.05, 0) is 26.0 Å². The Balaban J connectivity index is 2.42. The highest BCUT2D eigenvalue weighted by Gasteiger charge is 2.26. The molecule has 0 aromatic heterocycles. The highest BCUT2D eigenvalue weighted by molar-refractivity contribution is 5.49. The van der Waals surface area contributed by atoms with Crippen LogP contribution in [0.5, 0.6) is 11.5 Å². The minimum absolute atomic E-state index is 0.144. The van der Waals surface area contributed by atoms with Gasteiger partial charge in [-0.1, -0.05) is 0 Å². The first-order valence-corrected chi connectivity index (χ1v) is 6.02. The number of nitrogens with zero attached hydrogens (tertiary/aromatic N) is 1. The Morgan fingerprint density at radius 3 is 2.89 bits per heavy atom. The van der Waals surface area contributed by atoms with Crippen LogP contribution in [0.1, 0.15) is 31.1 Å². The topological polar surface area (TPSA) is 62.5 Å². The van der Waals surface area contributed by atoms with Gasteiger partial charge in [0.25, 0.3) is 0 Å². The lowest BCUT2D eigenvalue weighted by Crippen LogP contribution is -2.09. The summed E-state index contributed by atoms with van der Waals surface area (Å²) in [6, 6.07) is 5.72. The number of benzene rings is 1. The molecule has 0 saturated heterocycles. The van der Waals surface area contributed by atoms with E-state index in [2.05, 4.69) is 0 Å². The zero-order valence-corrected chi connectivity index (χ0v) is 10.8. The molecule has 18 heavy (non-hydrogen) atoms. The number of hydrogen-bond donors (Lipinski definition) is 1. The van der Waals surface area contributed by atoms with Crippen molar-refractivity contribution in [1.82, 2.24) is 0 Å². The van der Waals surface area contributed by atoms with Crippen molar-refractivity contribution in [3.05, 3.63) is 23.3 Å². The van der Waals surface area contributed by atoms with Crippen LogP contribution in [0.2, 0.25) is 0 Å². The molecule has 1 aromatic rings. The van der Waals surface area contributed by atoms with E-state index in [-0.39, 0.29) is 6.10 Å². The number of ether oxygens (including phenoxy) is 2. The summed E-state index contributed by atoms with van der Waals surface area (Å²) in [7, 11) is 1.56. The third kappa shape index (κ3) is 2.14. The van der Waals surface area contributed by atoms with Gasteiger partial charge in [0, 0.05) is 17.5 Å². The Kier molecular flexibility index (Phi) is 3.44. The summed E-state index contributed by atoms with van der Waals surface area (Å²) < 4.78 is 11.0. The van der Waals surface area contributed by atoms with Crippen molar-refractivity contribution in [2.75, 3.05) is 7.11 Å². The van der Waals surface area contributed by atoms with Crippen LogP contribution in [0.4, 0.5) is 0 Å². The highest BCUT2D eigenvalue weighted by Crippen LogP contribution is 2.39. The molecule has 0 fully saturated rings. The van der Waals surface area contributed by atoms with E-state index in [1.807, 2.05) is 19.1 Å². The van der Waals surface area contributed by atoms with Gasteiger partial charge in [0.15, 0.2) is 0 Å². The molecule has 3 atom stereocenters. The summed E-state index contributed by atoms with van der Waals surface area (Å²) in [5.74, 6) is 0.902. The lowest BCUT2D eigenvalue weighted by Gasteiger charge is -2.17. The Labute approximate surface area is 107 Å². The van der Waals surface area contributed by atoms with Crippen molar-refractivity contribution in [3.63, 3.8) is 0 Å². The maximum Gasteiger partial charge on any atom is 0.125 e. The standard InChI is InChI=1S/C14H17NO3/c1-8(7-15)14(16)11-6-12-10(4-9(2)18-12)5-13(11)17-3/h5-6,8-9,14,16H,4H2,1-3H3. The van der Waals surface area contributed by atoms with Gasteiger partial charge in [0.2, 0.25) is 0 Å². The largest absolute Gasteiger partial charge is 0.496 e. The first-order valence-electron chi connectivity index (χ1n) is 6.02. The van der Waals surface area contributed by atoms with Crippen LogP contribution in [-0.2, 0) is 6.42 Å². The van der Waals surface area contributed by atoms with Crippen molar-refractivity contribution in [2.24, 2.45) is 5.92 Å². The van der Waals surface area contributed by atoms with Crippen molar-refractivity contribution in [2.45, 2.75) is 32.5 Å². The van der Waals surface area contributed by atoms with Crippen LogP contribution in [0.25, 0.3) is 0 Å². The molecule has 0 spiro atoms. The number of aliphatic hydroxyl groups excluding tert-OH is 1. The molecule has 0 aliphatic carbocycles. The molecule has 1 aliphatic heterocycles. The van der Waals surface area contributed by atoms with E-state index < -0.39 is 12.0 Å². The average molecular weight is 247 g/mol. The number of aliphatic hydroxyl groups is 1. The van der Waals surface area contributed by atoms with Gasteiger partial charge in [-0.3, -0.25) is 0 Å². The smallest absolute Gasteiger partial charge is 0.125 e. The van der Waals surface area contributed by atoms with Crippen molar-refractivity contribution >= 4 is 0 Å². The number of fused-ring (bicyclic) bond motifs is 1. The van der Waals surface area contributed by atoms with E-state index in [0.717, 1.165) is 17.7 Å². The van der Waals surface area contributed by atoms with Crippen molar-refractivity contribution < 1.29 is 14.6 Å². The van der Waals surface area contributed by atoms with Crippen LogP contribution in [0, 0.1) is 17.2 Å². The van der Waals surface area contributed by atoms with Crippen LogP contribution >= 0.6 is 0 Å². The van der Waals surface area contributed by atoms with Crippen LogP contribution < -0.4 is 9.47 Å². The monoisotopic (exact) mass is 247 g/mol. The Morgan fingerprint density at radius 1 is 1.56 bits per heavy atom. The van der Waals surface area contributed by atoms with E-state index in [1.165, 1.54) is 0 Å². The number of hydrogen-bond acceptors (Lipinski definition) is 4. The van der Waals surface area contributed by atoms with Crippen LogP contribution in [-0.4, -0.2) is 18.3 Å². The summed E-state index contributed by atoms with van der Waals surface area (Å²) in [5.41, 5.74) is 1.69. The molecular formula is C14H17NO3. The number of nitriles is 1. The molecule has 1 N–H and O–H groups in total. The van der Waals surface area contributed by atoms with Crippen molar-refractivity contribution in [1.29, 1.82) is 5.26 Å². The zero-order chi connectivity index (χ0) is 13.3. The average Bonchev–Trinajstić information content (AvgIpc) is 2.74. The Hall–Kier alpha value is -1.73. The predicted octanol–water partition coefficient (Wildman–Crippen LogP) is 2.21. The Morgan fingerprint density at radius 2 is 2.28 bits per heavy atom. The normalized spacial score (nSPS) is 20.5. The summed E-state index contributed by atoms with van der Waals surface area (Å²) >= 11 is 0. The summed E-state index contributed by atoms with van der Waals surface area (Å²) in [6.07, 6.45) is 0.121. The molecule has 3 unspecified atom stereocenters. The van der Waals surface area contributed by atoms with Crippen molar-refractivity contribution in [3.8, 4) is 17.6 Å². The van der Waals surface area contributed by atoms with E-state index >= 15 is 0 Å². The fraction of sp³-hybridized carbons (Fsp3) is 0.500. The third-order valence-corrected chi connectivity index (χ3v) is 3.24. The molecule has 0 bridgehead atoms. The first-order chi connectivity index (χ1) is 8.56. The van der Waals surface area contributed by atoms with E-state index in [1.54, 1.807) is 20.1 Å². The quantitative estimate of drug-likeness (QED) is 0.889. The van der Waals surface area contributed by atoms with Crippen LogP contribution in [0.15, 0.2) is 12.1 Å². The minimum atomic E-state index is -0.866. The van der Waals surface area contributed by atoms with Gasteiger partial charge in [-0.15, -0.1) is 0 Å². The molecule has 0 radical (unpaired) electrons. The second-order valence-electron chi connectivity index (χ2n) is 4.70. The molecule has 1 aromatic carbocycles. The molecule has 2 rings (SSSR count). The number of rotatable bonds is 3. The maximum atomic E-state index is 10.1. The molecule has 4 heteroatoms. The predicted molar refractivity (Wildman–Crippen MR) is 66.5 cm³/mol. The summed E-state index contributed by atoms with van der Waals surface area (Å²) in [6.45, 7) is 3.68. The lowest BCUT2D eigenvalue weighted by molar-refractivity contribution is 0.138. The second-order valence-corrected chi connectivity index (χ2v) is 4.70. The highest BCUT2D eigenvalue weighted by atomic mass is 16.5. The fourth-order valence-electron chi connectivity index (χ4n) is 2.20. The summed E-state index contributed by atoms with van der Waals surface area (Å²) in [5, 5.41) is 19.0. The molecule has 1 heterocycles. The van der Waals surface area contributed by atoms with Gasteiger partial charge < -0.3 is 14.6 Å². The van der Waals surface area contributed by atoms with E-state index in [9.17, 15) is 5.11 Å². The molecule has 0 saturated carbocycles. The van der Waals surface area contributed by atoms with Gasteiger partial charge >= 0.3 is 0 Å². The SMILES string of the molecule is COc1cc2c(cc1C(O)C(C)C#N)OC(C)C2. The van der Waals surface area contributed by atoms with E-state index in [4.69, 9.17) is 14.7 Å². The van der Waals surface area contributed by atoms with E-state index in [0.29, 0.717) is 11.3 Å². The second kappa shape index (κ2) is 4.87. The minimum Gasteiger partial charge on any atom is -0.496 e. The molecule has 96 valence electrons. The maximum absolute atomic E-state index is 10.1. The van der Waals surface area contributed by atoms with Gasteiger partial charge in [0.05, 0.1) is 25.2 Å². The number of methoxy groups -OCH3 is 1. The first kappa shape index (κ1) is 12.7. The van der Waals surface area contributed by atoms with Gasteiger partial charge in [-0.2, -0.15) is 5.26 Å². The fourth-order valence-corrected chi connectivity index (χ4v) is 2.20. The molecular weight excluding hydrogens is 230 g/mol. The molecule has 4 nitrogen and oxygen atoms in total. The lowest BCUT2D eigenvalue weighted by atomic mass is 9.96. The van der Waals surface area contributed by atoms with Gasteiger partial charge in [0.1, 0.15) is 17.6 Å². The zero-order valence-electron chi connectivity index (χ0n) is 10.8. The third-order valence-electron chi connectivity index (χ3n) is 3.24. The molecule has 1 aliphatic rings. The Bertz CT molecular complexity index is 493.